The van der Waals surface area contributed by atoms with E-state index in [1.54, 1.807) is 31.4 Å². The van der Waals surface area contributed by atoms with Gasteiger partial charge in [-0.3, -0.25) is 4.79 Å². The van der Waals surface area contributed by atoms with E-state index >= 15 is 0 Å². The van der Waals surface area contributed by atoms with Gasteiger partial charge in [0.15, 0.2) is 11.5 Å². The molecule has 2 aromatic rings. The molecule has 0 saturated heterocycles. The fourth-order valence-electron chi connectivity index (χ4n) is 2.00. The smallest absolute Gasteiger partial charge is 0.272 e. The van der Waals surface area contributed by atoms with Crippen LogP contribution in [0.2, 0.25) is 10.0 Å². The fraction of sp³-hybridized carbons (Fsp3) is 0.222. The lowest BCUT2D eigenvalue weighted by atomic mass is 10.2. The number of hydrogen-bond donors (Lipinski definition) is 1. The van der Waals surface area contributed by atoms with Crippen LogP contribution in [0.15, 0.2) is 41.5 Å². The number of carbonyl (C=O) groups excluding carboxylic acids is 1. The van der Waals surface area contributed by atoms with Gasteiger partial charge in [0, 0.05) is 5.02 Å². The van der Waals surface area contributed by atoms with Crippen molar-refractivity contribution >= 4 is 35.3 Å². The Morgan fingerprint density at radius 1 is 1.20 bits per heavy atom. The number of benzene rings is 2. The molecule has 0 saturated carbocycles. The maximum absolute atomic E-state index is 12.1. The Morgan fingerprint density at radius 2 is 2.00 bits per heavy atom. The number of rotatable bonds is 7. The molecule has 7 heteroatoms. The number of nitrogens with zero attached hydrogens (tertiary/aromatic N) is 1. The Labute approximate surface area is 156 Å². The predicted molar refractivity (Wildman–Crippen MR) is 100 cm³/mol. The van der Waals surface area contributed by atoms with Gasteiger partial charge in [-0.05, 0) is 48.4 Å². The van der Waals surface area contributed by atoms with Gasteiger partial charge >= 0.3 is 0 Å². The molecule has 0 atom stereocenters. The molecule has 5 nitrogen and oxygen atoms in total. The Hall–Kier alpha value is -2.24. The van der Waals surface area contributed by atoms with Crippen LogP contribution in [0.4, 0.5) is 0 Å². The van der Waals surface area contributed by atoms with Crippen molar-refractivity contribution in [1.29, 1.82) is 0 Å². The topological polar surface area (TPSA) is 59.9 Å². The molecule has 0 aliphatic heterocycles. The molecule has 0 radical (unpaired) electrons. The van der Waals surface area contributed by atoms with Crippen LogP contribution in [0.1, 0.15) is 29.3 Å². The van der Waals surface area contributed by atoms with Gasteiger partial charge in [-0.1, -0.05) is 30.1 Å². The largest absolute Gasteiger partial charge is 0.493 e. The van der Waals surface area contributed by atoms with E-state index in [4.69, 9.17) is 32.7 Å². The molecule has 25 heavy (non-hydrogen) atoms. The average molecular weight is 381 g/mol. The van der Waals surface area contributed by atoms with Crippen molar-refractivity contribution in [3.05, 3.63) is 57.6 Å². The van der Waals surface area contributed by atoms with Crippen LogP contribution < -0.4 is 14.9 Å². The summed E-state index contributed by atoms with van der Waals surface area (Å²) in [6.07, 6.45) is 2.42. The molecule has 2 aromatic carbocycles. The van der Waals surface area contributed by atoms with E-state index in [1.165, 1.54) is 12.3 Å². The minimum Gasteiger partial charge on any atom is -0.493 e. The number of ether oxygens (including phenoxy) is 2. The summed E-state index contributed by atoms with van der Waals surface area (Å²) in [6, 6.07) is 10.0. The van der Waals surface area contributed by atoms with E-state index in [0.29, 0.717) is 28.7 Å². The number of amides is 1. The molecule has 0 bridgehead atoms. The first-order chi connectivity index (χ1) is 12.0. The zero-order valence-corrected chi connectivity index (χ0v) is 15.4. The number of nitrogens with one attached hydrogen (secondary N) is 1. The molecular formula is C18H18Cl2N2O3. The first-order valence-electron chi connectivity index (χ1n) is 7.64. The fourth-order valence-corrected chi connectivity index (χ4v) is 2.49. The summed E-state index contributed by atoms with van der Waals surface area (Å²) in [5, 5.41) is 4.66. The first-order valence-corrected chi connectivity index (χ1v) is 8.40. The van der Waals surface area contributed by atoms with E-state index in [-0.39, 0.29) is 5.02 Å². The Morgan fingerprint density at radius 3 is 2.68 bits per heavy atom. The zero-order valence-electron chi connectivity index (χ0n) is 13.9. The molecule has 0 aliphatic carbocycles. The first kappa shape index (κ1) is 19.1. The molecule has 132 valence electrons. The zero-order chi connectivity index (χ0) is 18.2. The highest BCUT2D eigenvalue weighted by molar-refractivity contribution is 6.36. The number of carbonyl (C=O) groups is 1. The maximum Gasteiger partial charge on any atom is 0.272 e. The molecule has 0 fully saturated rings. The lowest BCUT2D eigenvalue weighted by Crippen LogP contribution is -2.18. The van der Waals surface area contributed by atoms with Crippen molar-refractivity contribution < 1.29 is 14.3 Å². The summed E-state index contributed by atoms with van der Waals surface area (Å²) in [5.74, 6) is 0.843. The third-order valence-electron chi connectivity index (χ3n) is 3.20. The molecule has 1 amide bonds. The molecule has 0 aliphatic rings. The van der Waals surface area contributed by atoms with Crippen molar-refractivity contribution in [2.75, 3.05) is 13.7 Å². The predicted octanol–water partition coefficient (Wildman–Crippen LogP) is 4.55. The quantitative estimate of drug-likeness (QED) is 0.565. The van der Waals surface area contributed by atoms with Gasteiger partial charge in [0.1, 0.15) is 0 Å². The van der Waals surface area contributed by atoms with Crippen LogP contribution in [0.5, 0.6) is 11.5 Å². The molecule has 1 N–H and O–H groups in total. The number of hydrogen-bond acceptors (Lipinski definition) is 4. The molecular weight excluding hydrogens is 363 g/mol. The summed E-state index contributed by atoms with van der Waals surface area (Å²) >= 11 is 11.8. The van der Waals surface area contributed by atoms with Crippen LogP contribution >= 0.6 is 23.2 Å². The summed E-state index contributed by atoms with van der Waals surface area (Å²) in [7, 11) is 1.57. The summed E-state index contributed by atoms with van der Waals surface area (Å²) < 4.78 is 10.9. The molecule has 2 rings (SSSR count). The monoisotopic (exact) mass is 380 g/mol. The summed E-state index contributed by atoms with van der Waals surface area (Å²) in [5.41, 5.74) is 3.47. The number of hydrazone groups is 1. The standard InChI is InChI=1S/C18H18Cl2N2O3/c1-3-8-25-16-7-4-12(9-17(16)24-2)11-21-22-18(23)14-6-5-13(19)10-15(14)20/h4-7,9-11H,3,8H2,1-2H3,(H,22,23)/b21-11-. The summed E-state index contributed by atoms with van der Waals surface area (Å²) in [6.45, 7) is 2.64. The van der Waals surface area contributed by atoms with Gasteiger partial charge in [0.05, 0.1) is 30.5 Å². The molecule has 0 spiro atoms. The third-order valence-corrected chi connectivity index (χ3v) is 3.75. The van der Waals surface area contributed by atoms with E-state index in [9.17, 15) is 4.79 Å². The van der Waals surface area contributed by atoms with Gasteiger partial charge in [-0.2, -0.15) is 5.10 Å². The third kappa shape index (κ3) is 5.37. The maximum atomic E-state index is 12.1. The van der Waals surface area contributed by atoms with Gasteiger partial charge < -0.3 is 9.47 Å². The van der Waals surface area contributed by atoms with Crippen LogP contribution in [0, 0.1) is 0 Å². The van der Waals surface area contributed by atoms with Crippen LogP contribution in [-0.4, -0.2) is 25.8 Å². The van der Waals surface area contributed by atoms with Gasteiger partial charge in [0.2, 0.25) is 0 Å². The van der Waals surface area contributed by atoms with Crippen molar-refractivity contribution in [2.24, 2.45) is 5.10 Å². The van der Waals surface area contributed by atoms with Crippen LogP contribution in [0.25, 0.3) is 0 Å². The lowest BCUT2D eigenvalue weighted by Gasteiger charge is -2.10. The highest BCUT2D eigenvalue weighted by atomic mass is 35.5. The lowest BCUT2D eigenvalue weighted by molar-refractivity contribution is 0.0955. The van der Waals surface area contributed by atoms with Crippen LogP contribution in [-0.2, 0) is 0 Å². The normalized spacial score (nSPS) is 10.7. The minimum atomic E-state index is -0.423. The SMILES string of the molecule is CCCOc1ccc(/C=N\NC(=O)c2ccc(Cl)cc2Cl)cc1OC. The Balaban J connectivity index is 2.05. The second-order valence-corrected chi connectivity index (χ2v) is 5.93. The highest BCUT2D eigenvalue weighted by Gasteiger charge is 2.10. The van der Waals surface area contributed by atoms with E-state index < -0.39 is 5.91 Å². The second-order valence-electron chi connectivity index (χ2n) is 5.08. The second kappa shape index (κ2) is 9.30. The highest BCUT2D eigenvalue weighted by Crippen LogP contribution is 2.27. The molecule has 0 unspecified atom stereocenters. The number of halogens is 2. The van der Waals surface area contributed by atoms with Crippen LogP contribution in [0.3, 0.4) is 0 Å². The number of methoxy groups -OCH3 is 1. The molecule has 0 heterocycles. The Kier molecular flexibility index (Phi) is 7.10. The van der Waals surface area contributed by atoms with Crippen molar-refractivity contribution in [3.63, 3.8) is 0 Å². The van der Waals surface area contributed by atoms with E-state index in [2.05, 4.69) is 10.5 Å². The van der Waals surface area contributed by atoms with Gasteiger partial charge in [0.25, 0.3) is 5.91 Å². The molecule has 0 aromatic heterocycles. The average Bonchev–Trinajstić information content (AvgIpc) is 2.60. The Bertz CT molecular complexity index is 779. The van der Waals surface area contributed by atoms with E-state index in [1.807, 2.05) is 13.0 Å². The van der Waals surface area contributed by atoms with Crippen molar-refractivity contribution in [3.8, 4) is 11.5 Å². The van der Waals surface area contributed by atoms with Crippen molar-refractivity contribution in [1.82, 2.24) is 5.43 Å². The summed E-state index contributed by atoms with van der Waals surface area (Å²) in [4.78, 5) is 12.1. The van der Waals surface area contributed by atoms with Crippen molar-refractivity contribution in [2.45, 2.75) is 13.3 Å². The van der Waals surface area contributed by atoms with E-state index in [0.717, 1.165) is 12.0 Å². The van der Waals surface area contributed by atoms with Gasteiger partial charge in [-0.15, -0.1) is 0 Å². The van der Waals surface area contributed by atoms with Gasteiger partial charge in [-0.25, -0.2) is 5.43 Å². The minimum absolute atomic E-state index is 0.263.